The molecule has 5 heteroatoms. The quantitative estimate of drug-likeness (QED) is 0.834. The minimum atomic E-state index is -4.12. The maximum absolute atomic E-state index is 12.0. The molecule has 0 aliphatic heterocycles. The highest BCUT2D eigenvalue weighted by Gasteiger charge is 2.26. The van der Waals surface area contributed by atoms with Crippen LogP contribution < -0.4 is 5.32 Å². The zero-order chi connectivity index (χ0) is 12.7. The fraction of sp³-hybridized carbons (Fsp3) is 0.500. The van der Waals surface area contributed by atoms with Crippen molar-refractivity contribution in [3.63, 3.8) is 0 Å². The van der Waals surface area contributed by atoms with Crippen molar-refractivity contribution in [3.8, 4) is 0 Å². The van der Waals surface area contributed by atoms with Crippen molar-refractivity contribution in [2.24, 2.45) is 0 Å². The zero-order valence-electron chi connectivity index (χ0n) is 9.63. The van der Waals surface area contributed by atoms with Crippen LogP contribution in [0.4, 0.5) is 13.2 Å². The summed E-state index contributed by atoms with van der Waals surface area (Å²) in [6.07, 6.45) is -4.96. The summed E-state index contributed by atoms with van der Waals surface area (Å²) in [5.41, 5.74) is 0.927. The van der Waals surface area contributed by atoms with E-state index in [4.69, 9.17) is 4.74 Å². The molecule has 0 spiro atoms. The molecule has 2 nitrogen and oxygen atoms in total. The monoisotopic (exact) mass is 247 g/mol. The smallest absolute Gasteiger partial charge is 0.383 e. The Morgan fingerprint density at radius 3 is 2.41 bits per heavy atom. The Morgan fingerprint density at radius 1 is 1.24 bits per heavy atom. The Bertz CT molecular complexity index is 313. The maximum Gasteiger partial charge on any atom is 0.390 e. The van der Waals surface area contributed by atoms with Crippen LogP contribution in [0.5, 0.6) is 0 Å². The highest BCUT2D eigenvalue weighted by Crippen LogP contribution is 2.19. The van der Waals surface area contributed by atoms with Gasteiger partial charge >= 0.3 is 6.18 Å². The molecule has 0 bridgehead atoms. The number of ether oxygens (including phenoxy) is 1. The van der Waals surface area contributed by atoms with E-state index in [1.807, 2.05) is 30.3 Å². The molecular formula is C12H16F3NO. The second-order valence-corrected chi connectivity index (χ2v) is 3.74. The van der Waals surface area contributed by atoms with Gasteiger partial charge in [-0.15, -0.1) is 0 Å². The Balaban J connectivity index is 2.50. The van der Waals surface area contributed by atoms with E-state index in [9.17, 15) is 13.2 Å². The second kappa shape index (κ2) is 6.61. The van der Waals surface area contributed by atoms with Crippen LogP contribution >= 0.6 is 0 Å². The van der Waals surface area contributed by atoms with E-state index in [2.05, 4.69) is 5.32 Å². The average Bonchev–Trinajstić information content (AvgIpc) is 2.27. The Kier molecular flexibility index (Phi) is 5.44. The number of hydrogen-bond donors (Lipinski definition) is 1. The number of rotatable bonds is 6. The zero-order valence-corrected chi connectivity index (χ0v) is 9.63. The van der Waals surface area contributed by atoms with Gasteiger partial charge in [0.15, 0.2) is 0 Å². The molecule has 17 heavy (non-hydrogen) atoms. The van der Waals surface area contributed by atoms with E-state index in [1.165, 1.54) is 7.11 Å². The minimum Gasteiger partial charge on any atom is -0.383 e. The van der Waals surface area contributed by atoms with Gasteiger partial charge in [-0.2, -0.15) is 13.2 Å². The third kappa shape index (κ3) is 5.70. The van der Waals surface area contributed by atoms with Crippen LogP contribution in [0.25, 0.3) is 0 Å². The summed E-state index contributed by atoms with van der Waals surface area (Å²) >= 11 is 0. The highest BCUT2D eigenvalue weighted by atomic mass is 19.4. The first-order valence-electron chi connectivity index (χ1n) is 5.37. The van der Waals surface area contributed by atoms with Gasteiger partial charge < -0.3 is 10.1 Å². The van der Waals surface area contributed by atoms with E-state index in [-0.39, 0.29) is 12.6 Å². The summed E-state index contributed by atoms with van der Waals surface area (Å²) in [6, 6.07) is 9.09. The van der Waals surface area contributed by atoms with Crippen molar-refractivity contribution in [1.82, 2.24) is 5.32 Å². The SMILES string of the molecule is COCC(NCCC(F)(F)F)c1ccccc1. The Labute approximate surface area is 98.8 Å². The maximum atomic E-state index is 12.0. The van der Waals surface area contributed by atoms with Crippen LogP contribution in [0, 0.1) is 0 Å². The average molecular weight is 247 g/mol. The largest absolute Gasteiger partial charge is 0.390 e. The van der Waals surface area contributed by atoms with Crippen LogP contribution in [-0.4, -0.2) is 26.4 Å². The van der Waals surface area contributed by atoms with Crippen molar-refractivity contribution in [1.29, 1.82) is 0 Å². The first-order chi connectivity index (χ1) is 8.03. The van der Waals surface area contributed by atoms with Crippen molar-refractivity contribution >= 4 is 0 Å². The van der Waals surface area contributed by atoms with Crippen molar-refractivity contribution < 1.29 is 17.9 Å². The van der Waals surface area contributed by atoms with E-state index in [0.29, 0.717) is 6.61 Å². The normalized spacial score (nSPS) is 13.6. The number of methoxy groups -OCH3 is 1. The molecule has 1 atom stereocenters. The molecule has 1 aromatic carbocycles. The van der Waals surface area contributed by atoms with E-state index < -0.39 is 12.6 Å². The molecular weight excluding hydrogens is 231 g/mol. The predicted octanol–water partition coefficient (Wildman–Crippen LogP) is 2.92. The Hall–Kier alpha value is -1.07. The third-order valence-electron chi connectivity index (χ3n) is 2.33. The van der Waals surface area contributed by atoms with E-state index in [0.717, 1.165) is 5.56 Å². The number of alkyl halides is 3. The molecule has 0 aliphatic rings. The number of halogens is 3. The summed E-state index contributed by atoms with van der Waals surface area (Å²) in [6.45, 7) is 0.244. The summed E-state index contributed by atoms with van der Waals surface area (Å²) in [7, 11) is 1.53. The molecule has 0 fully saturated rings. The molecule has 0 aromatic heterocycles. The van der Waals surface area contributed by atoms with Gasteiger partial charge in [-0.1, -0.05) is 30.3 Å². The number of hydrogen-bond acceptors (Lipinski definition) is 2. The highest BCUT2D eigenvalue weighted by molar-refractivity contribution is 5.18. The van der Waals surface area contributed by atoms with E-state index in [1.54, 1.807) is 0 Å². The van der Waals surface area contributed by atoms with Gasteiger partial charge in [0.05, 0.1) is 19.1 Å². The lowest BCUT2D eigenvalue weighted by Crippen LogP contribution is -2.28. The molecule has 0 heterocycles. The molecule has 1 rings (SSSR count). The van der Waals surface area contributed by atoms with Gasteiger partial charge in [-0.05, 0) is 5.56 Å². The standard InChI is InChI=1S/C12H16F3NO/c1-17-9-11(10-5-3-2-4-6-10)16-8-7-12(13,14)15/h2-6,11,16H,7-9H2,1H3. The molecule has 1 aromatic rings. The minimum absolute atomic E-state index is 0.105. The van der Waals surface area contributed by atoms with Gasteiger partial charge in [0.2, 0.25) is 0 Å². The first-order valence-corrected chi connectivity index (χ1v) is 5.37. The summed E-state index contributed by atoms with van der Waals surface area (Å²) in [4.78, 5) is 0. The van der Waals surface area contributed by atoms with Gasteiger partial charge in [-0.25, -0.2) is 0 Å². The molecule has 0 saturated carbocycles. The van der Waals surface area contributed by atoms with Crippen LogP contribution in [0.1, 0.15) is 18.0 Å². The Morgan fingerprint density at radius 2 is 1.88 bits per heavy atom. The third-order valence-corrected chi connectivity index (χ3v) is 2.33. The molecule has 0 amide bonds. The number of nitrogens with one attached hydrogen (secondary N) is 1. The number of benzene rings is 1. The van der Waals surface area contributed by atoms with Crippen LogP contribution in [0.15, 0.2) is 30.3 Å². The van der Waals surface area contributed by atoms with Crippen molar-refractivity contribution in [2.75, 3.05) is 20.3 Å². The van der Waals surface area contributed by atoms with Gasteiger partial charge in [0.1, 0.15) is 0 Å². The van der Waals surface area contributed by atoms with Gasteiger partial charge in [0.25, 0.3) is 0 Å². The molecule has 0 saturated heterocycles. The second-order valence-electron chi connectivity index (χ2n) is 3.74. The molecule has 0 radical (unpaired) electrons. The molecule has 0 aliphatic carbocycles. The van der Waals surface area contributed by atoms with Crippen LogP contribution in [-0.2, 0) is 4.74 Å². The lowest BCUT2D eigenvalue weighted by atomic mass is 10.1. The summed E-state index contributed by atoms with van der Waals surface area (Å²) < 4.78 is 41.1. The molecule has 96 valence electrons. The van der Waals surface area contributed by atoms with Crippen molar-refractivity contribution in [3.05, 3.63) is 35.9 Å². The van der Waals surface area contributed by atoms with Crippen LogP contribution in [0.2, 0.25) is 0 Å². The summed E-state index contributed by atoms with van der Waals surface area (Å²) in [5, 5.41) is 2.85. The lowest BCUT2D eigenvalue weighted by molar-refractivity contribution is -0.133. The first kappa shape index (κ1) is 14.0. The predicted molar refractivity (Wildman–Crippen MR) is 59.7 cm³/mol. The fourth-order valence-electron chi connectivity index (χ4n) is 1.51. The lowest BCUT2D eigenvalue weighted by Gasteiger charge is -2.18. The van der Waals surface area contributed by atoms with Crippen molar-refractivity contribution in [2.45, 2.75) is 18.6 Å². The fourth-order valence-corrected chi connectivity index (χ4v) is 1.51. The summed E-state index contributed by atoms with van der Waals surface area (Å²) in [5.74, 6) is 0. The topological polar surface area (TPSA) is 21.3 Å². The molecule has 1 unspecified atom stereocenters. The molecule has 1 N–H and O–H groups in total. The van der Waals surface area contributed by atoms with Gasteiger partial charge in [0, 0.05) is 13.7 Å². The van der Waals surface area contributed by atoms with E-state index >= 15 is 0 Å². The van der Waals surface area contributed by atoms with Crippen LogP contribution in [0.3, 0.4) is 0 Å². The van der Waals surface area contributed by atoms with Gasteiger partial charge in [-0.3, -0.25) is 0 Å².